The summed E-state index contributed by atoms with van der Waals surface area (Å²) in [4.78, 5) is 2.06. The highest BCUT2D eigenvalue weighted by atomic mass is 19.1. The van der Waals surface area contributed by atoms with Crippen molar-refractivity contribution in [2.45, 2.75) is 12.0 Å². The Morgan fingerprint density at radius 2 is 1.95 bits per heavy atom. The van der Waals surface area contributed by atoms with Crippen LogP contribution in [0.15, 0.2) is 48.5 Å². The van der Waals surface area contributed by atoms with Crippen LogP contribution in [0.4, 0.5) is 10.1 Å². The van der Waals surface area contributed by atoms with Crippen molar-refractivity contribution in [2.75, 3.05) is 24.6 Å². The molecule has 1 atom stereocenters. The number of aliphatic hydroxyl groups excluding tert-OH is 1. The summed E-state index contributed by atoms with van der Waals surface area (Å²) in [5.41, 5.74) is 8.46. The summed E-state index contributed by atoms with van der Waals surface area (Å²) in [5, 5.41) is 9.78. The van der Waals surface area contributed by atoms with E-state index in [1.54, 1.807) is 6.07 Å². The van der Waals surface area contributed by atoms with E-state index in [2.05, 4.69) is 4.90 Å². The maximum Gasteiger partial charge on any atom is 0.125 e. The third-order valence-electron chi connectivity index (χ3n) is 4.14. The highest BCUT2D eigenvalue weighted by Gasteiger charge is 2.32. The van der Waals surface area contributed by atoms with E-state index >= 15 is 0 Å². The van der Waals surface area contributed by atoms with Crippen molar-refractivity contribution in [3.05, 3.63) is 65.5 Å². The lowest BCUT2D eigenvalue weighted by Crippen LogP contribution is -2.50. The molecule has 1 heterocycles. The van der Waals surface area contributed by atoms with Gasteiger partial charge in [0.1, 0.15) is 5.82 Å². The van der Waals surface area contributed by atoms with Gasteiger partial charge in [0.05, 0.1) is 12.1 Å². The standard InChI is InChI=1S/C17H19FN2O/c18-15-7-6-13-8-9-20(16(13)10-15)11-17(19,12-21)14-4-2-1-3-5-14/h1-7,10,21H,8-9,11-12,19H2. The van der Waals surface area contributed by atoms with E-state index in [0.29, 0.717) is 6.54 Å². The fourth-order valence-electron chi connectivity index (χ4n) is 2.93. The molecule has 1 aliphatic heterocycles. The number of nitrogens with two attached hydrogens (primary N) is 1. The number of anilines is 1. The molecular formula is C17H19FN2O. The van der Waals surface area contributed by atoms with Gasteiger partial charge >= 0.3 is 0 Å². The van der Waals surface area contributed by atoms with Crippen molar-refractivity contribution in [3.63, 3.8) is 0 Å². The molecule has 0 aromatic heterocycles. The molecule has 2 aromatic carbocycles. The number of halogens is 1. The number of fused-ring (bicyclic) bond motifs is 1. The minimum atomic E-state index is -0.852. The summed E-state index contributed by atoms with van der Waals surface area (Å²) >= 11 is 0. The highest BCUT2D eigenvalue weighted by Crippen LogP contribution is 2.31. The maximum atomic E-state index is 13.5. The lowest BCUT2D eigenvalue weighted by molar-refractivity contribution is 0.199. The molecule has 0 saturated heterocycles. The predicted octanol–water partition coefficient (Wildman–Crippen LogP) is 2.03. The van der Waals surface area contributed by atoms with E-state index in [1.807, 2.05) is 36.4 Å². The molecule has 3 N–H and O–H groups in total. The second kappa shape index (κ2) is 5.47. The third-order valence-corrected chi connectivity index (χ3v) is 4.14. The number of rotatable bonds is 4. The zero-order valence-corrected chi connectivity index (χ0v) is 11.8. The van der Waals surface area contributed by atoms with Crippen molar-refractivity contribution in [1.82, 2.24) is 0 Å². The van der Waals surface area contributed by atoms with Crippen LogP contribution in [0.5, 0.6) is 0 Å². The Hall–Kier alpha value is -1.91. The molecule has 1 unspecified atom stereocenters. The summed E-state index contributed by atoms with van der Waals surface area (Å²) in [6.07, 6.45) is 0.881. The quantitative estimate of drug-likeness (QED) is 0.904. The fourth-order valence-corrected chi connectivity index (χ4v) is 2.93. The molecule has 3 rings (SSSR count). The van der Waals surface area contributed by atoms with E-state index in [0.717, 1.165) is 29.8 Å². The highest BCUT2D eigenvalue weighted by molar-refractivity contribution is 5.58. The molecule has 0 bridgehead atoms. The van der Waals surface area contributed by atoms with Crippen LogP contribution in [0.2, 0.25) is 0 Å². The Balaban J connectivity index is 1.88. The minimum absolute atomic E-state index is 0.155. The SMILES string of the molecule is NC(CO)(CN1CCc2ccc(F)cc21)c1ccccc1. The van der Waals surface area contributed by atoms with Gasteiger partial charge in [0.25, 0.3) is 0 Å². The molecule has 0 aliphatic carbocycles. The number of aliphatic hydroxyl groups is 1. The van der Waals surface area contributed by atoms with E-state index < -0.39 is 5.54 Å². The van der Waals surface area contributed by atoms with E-state index in [1.165, 1.54) is 6.07 Å². The Labute approximate surface area is 123 Å². The van der Waals surface area contributed by atoms with E-state index in [-0.39, 0.29) is 12.4 Å². The van der Waals surface area contributed by atoms with E-state index in [4.69, 9.17) is 5.73 Å². The Kier molecular flexibility index (Phi) is 3.66. The van der Waals surface area contributed by atoms with Crippen LogP contribution in [-0.2, 0) is 12.0 Å². The first kappa shape index (κ1) is 14.0. The average Bonchev–Trinajstić information content (AvgIpc) is 2.90. The molecule has 1 aliphatic rings. The Morgan fingerprint density at radius 3 is 2.67 bits per heavy atom. The molecule has 0 amide bonds. The topological polar surface area (TPSA) is 49.5 Å². The normalized spacial score (nSPS) is 16.6. The summed E-state index contributed by atoms with van der Waals surface area (Å²) in [5.74, 6) is -0.244. The molecule has 0 saturated carbocycles. The smallest absolute Gasteiger partial charge is 0.125 e. The Morgan fingerprint density at radius 1 is 1.19 bits per heavy atom. The van der Waals surface area contributed by atoms with Gasteiger partial charge in [-0.05, 0) is 29.7 Å². The summed E-state index contributed by atoms with van der Waals surface area (Å²) in [7, 11) is 0. The van der Waals surface area contributed by atoms with Gasteiger partial charge in [0.2, 0.25) is 0 Å². The van der Waals surface area contributed by atoms with Crippen molar-refractivity contribution < 1.29 is 9.50 Å². The largest absolute Gasteiger partial charge is 0.394 e. The van der Waals surface area contributed by atoms with Gasteiger partial charge < -0.3 is 15.7 Å². The molecule has 0 spiro atoms. The van der Waals surface area contributed by atoms with Crippen molar-refractivity contribution >= 4 is 5.69 Å². The third kappa shape index (κ3) is 2.64. The van der Waals surface area contributed by atoms with Crippen LogP contribution in [0.1, 0.15) is 11.1 Å². The van der Waals surface area contributed by atoms with Crippen LogP contribution >= 0.6 is 0 Å². The first-order chi connectivity index (χ1) is 10.1. The van der Waals surface area contributed by atoms with Crippen molar-refractivity contribution in [3.8, 4) is 0 Å². The van der Waals surface area contributed by atoms with Gasteiger partial charge in [-0.25, -0.2) is 4.39 Å². The summed E-state index contributed by atoms with van der Waals surface area (Å²) in [6, 6.07) is 14.4. The van der Waals surface area contributed by atoms with Gasteiger partial charge in [-0.1, -0.05) is 36.4 Å². The predicted molar refractivity (Wildman–Crippen MR) is 81.7 cm³/mol. The molecule has 2 aromatic rings. The second-order valence-corrected chi connectivity index (χ2v) is 5.62. The number of hydrogen-bond acceptors (Lipinski definition) is 3. The van der Waals surface area contributed by atoms with Gasteiger partial charge in [0, 0.05) is 18.8 Å². The summed E-state index contributed by atoms with van der Waals surface area (Å²) in [6.45, 7) is 1.10. The Bertz CT molecular complexity index is 632. The lowest BCUT2D eigenvalue weighted by atomic mass is 9.91. The second-order valence-electron chi connectivity index (χ2n) is 5.62. The van der Waals surface area contributed by atoms with Crippen LogP contribution in [-0.4, -0.2) is 24.8 Å². The molecule has 0 radical (unpaired) electrons. The zero-order valence-electron chi connectivity index (χ0n) is 11.8. The van der Waals surface area contributed by atoms with Gasteiger partial charge in [-0.15, -0.1) is 0 Å². The van der Waals surface area contributed by atoms with Crippen LogP contribution in [0.25, 0.3) is 0 Å². The number of nitrogens with zero attached hydrogens (tertiary/aromatic N) is 1. The molecule has 4 heteroatoms. The lowest BCUT2D eigenvalue weighted by Gasteiger charge is -2.34. The van der Waals surface area contributed by atoms with Crippen LogP contribution in [0, 0.1) is 5.82 Å². The van der Waals surface area contributed by atoms with Gasteiger partial charge in [-0.3, -0.25) is 0 Å². The van der Waals surface area contributed by atoms with Crippen LogP contribution < -0.4 is 10.6 Å². The first-order valence-corrected chi connectivity index (χ1v) is 7.11. The first-order valence-electron chi connectivity index (χ1n) is 7.11. The monoisotopic (exact) mass is 286 g/mol. The van der Waals surface area contributed by atoms with Crippen LogP contribution in [0.3, 0.4) is 0 Å². The van der Waals surface area contributed by atoms with Crippen molar-refractivity contribution in [2.24, 2.45) is 5.73 Å². The summed E-state index contributed by atoms with van der Waals surface area (Å²) < 4.78 is 13.5. The van der Waals surface area contributed by atoms with Gasteiger partial charge in [0.15, 0.2) is 0 Å². The average molecular weight is 286 g/mol. The minimum Gasteiger partial charge on any atom is -0.394 e. The van der Waals surface area contributed by atoms with Gasteiger partial charge in [-0.2, -0.15) is 0 Å². The molecule has 0 fully saturated rings. The fraction of sp³-hybridized carbons (Fsp3) is 0.294. The molecule has 3 nitrogen and oxygen atoms in total. The zero-order chi connectivity index (χ0) is 14.9. The molecule has 110 valence electrons. The molecular weight excluding hydrogens is 267 g/mol. The number of benzene rings is 2. The van der Waals surface area contributed by atoms with E-state index in [9.17, 15) is 9.50 Å². The maximum absolute atomic E-state index is 13.5. The molecule has 21 heavy (non-hydrogen) atoms. The van der Waals surface area contributed by atoms with Crippen molar-refractivity contribution in [1.29, 1.82) is 0 Å². The number of hydrogen-bond donors (Lipinski definition) is 2.